The number of benzene rings is 1. The van der Waals surface area contributed by atoms with Crippen LogP contribution in [0.5, 0.6) is 0 Å². The van der Waals surface area contributed by atoms with E-state index in [1.54, 1.807) is 30.3 Å². The van der Waals surface area contributed by atoms with E-state index < -0.39 is 29.6 Å². The van der Waals surface area contributed by atoms with Gasteiger partial charge >= 0.3 is 18.2 Å². The lowest BCUT2D eigenvalue weighted by Gasteiger charge is -2.08. The SMILES string of the molecule is O=C(N/C(=C/c1ccc(C(F)(F)F)nc1)C(=O)O)OCc1ccccc1. The second-order valence-corrected chi connectivity index (χ2v) is 5.02. The number of alkyl halides is 3. The van der Waals surface area contributed by atoms with E-state index >= 15 is 0 Å². The fourth-order valence-electron chi connectivity index (χ4n) is 1.85. The lowest BCUT2D eigenvalue weighted by molar-refractivity contribution is -0.141. The molecule has 2 aromatic rings. The van der Waals surface area contributed by atoms with Gasteiger partial charge in [-0.2, -0.15) is 13.2 Å². The minimum absolute atomic E-state index is 0.0680. The molecule has 9 heteroatoms. The smallest absolute Gasteiger partial charge is 0.433 e. The summed E-state index contributed by atoms with van der Waals surface area (Å²) in [6.07, 6.45) is -3.79. The predicted octanol–water partition coefficient (Wildman–Crippen LogP) is 3.45. The van der Waals surface area contributed by atoms with Crippen LogP contribution in [0.15, 0.2) is 54.4 Å². The van der Waals surface area contributed by atoms with Crippen molar-refractivity contribution in [1.82, 2.24) is 10.3 Å². The minimum Gasteiger partial charge on any atom is -0.477 e. The van der Waals surface area contributed by atoms with E-state index in [1.807, 2.05) is 5.32 Å². The molecule has 0 aliphatic rings. The molecule has 136 valence electrons. The zero-order valence-electron chi connectivity index (χ0n) is 13.2. The Kier molecular flexibility index (Phi) is 5.94. The van der Waals surface area contributed by atoms with Crippen LogP contribution in [0.4, 0.5) is 18.0 Å². The van der Waals surface area contributed by atoms with Crippen LogP contribution >= 0.6 is 0 Å². The summed E-state index contributed by atoms with van der Waals surface area (Å²) in [4.78, 5) is 26.1. The Balaban J connectivity index is 2.04. The molecular formula is C17H13F3N2O4. The van der Waals surface area contributed by atoms with Crippen LogP contribution in [0.2, 0.25) is 0 Å². The van der Waals surface area contributed by atoms with Crippen LogP contribution in [0.3, 0.4) is 0 Å². The van der Waals surface area contributed by atoms with E-state index in [4.69, 9.17) is 9.84 Å². The molecule has 6 nitrogen and oxygen atoms in total. The van der Waals surface area contributed by atoms with Gasteiger partial charge in [0.2, 0.25) is 0 Å². The summed E-state index contributed by atoms with van der Waals surface area (Å²) >= 11 is 0. The van der Waals surface area contributed by atoms with E-state index in [-0.39, 0.29) is 12.2 Å². The number of hydrogen-bond acceptors (Lipinski definition) is 4. The summed E-state index contributed by atoms with van der Waals surface area (Å²) in [5, 5.41) is 11.1. The number of carbonyl (C=O) groups excluding carboxylic acids is 1. The Morgan fingerprint density at radius 3 is 2.38 bits per heavy atom. The van der Waals surface area contributed by atoms with Crippen LogP contribution in [-0.2, 0) is 22.3 Å². The highest BCUT2D eigenvalue weighted by molar-refractivity contribution is 5.95. The van der Waals surface area contributed by atoms with Gasteiger partial charge in [0.15, 0.2) is 0 Å². The van der Waals surface area contributed by atoms with Gasteiger partial charge in [0.25, 0.3) is 0 Å². The molecule has 2 rings (SSSR count). The summed E-state index contributed by atoms with van der Waals surface area (Å²) in [7, 11) is 0. The molecule has 0 spiro atoms. The van der Waals surface area contributed by atoms with Crippen molar-refractivity contribution in [3.8, 4) is 0 Å². The minimum atomic E-state index is -4.60. The first-order chi connectivity index (χ1) is 12.3. The molecule has 1 aromatic heterocycles. The monoisotopic (exact) mass is 366 g/mol. The molecule has 0 aliphatic heterocycles. The Bertz CT molecular complexity index is 803. The molecule has 0 atom stereocenters. The fraction of sp³-hybridized carbons (Fsp3) is 0.118. The number of pyridine rings is 1. The standard InChI is InChI=1S/C17H13F3N2O4/c18-17(19,20)14-7-6-12(9-21-14)8-13(15(23)24)22-16(25)26-10-11-4-2-1-3-5-11/h1-9H,10H2,(H,22,25)(H,23,24)/b13-8+. The molecule has 26 heavy (non-hydrogen) atoms. The summed E-state index contributed by atoms with van der Waals surface area (Å²) in [5.74, 6) is -1.48. The van der Waals surface area contributed by atoms with Crippen molar-refractivity contribution in [2.75, 3.05) is 0 Å². The number of aromatic nitrogens is 1. The van der Waals surface area contributed by atoms with E-state index in [0.29, 0.717) is 11.6 Å². The van der Waals surface area contributed by atoms with Gasteiger partial charge in [-0.15, -0.1) is 0 Å². The number of nitrogens with one attached hydrogen (secondary N) is 1. The largest absolute Gasteiger partial charge is 0.477 e. The Hall–Kier alpha value is -3.36. The Morgan fingerprint density at radius 1 is 1.15 bits per heavy atom. The van der Waals surface area contributed by atoms with E-state index in [1.165, 1.54) is 0 Å². The van der Waals surface area contributed by atoms with E-state index in [0.717, 1.165) is 18.3 Å². The maximum atomic E-state index is 12.5. The lowest BCUT2D eigenvalue weighted by Crippen LogP contribution is -2.27. The van der Waals surface area contributed by atoms with Gasteiger partial charge in [-0.1, -0.05) is 36.4 Å². The van der Waals surface area contributed by atoms with E-state index in [9.17, 15) is 22.8 Å². The molecule has 0 unspecified atom stereocenters. The second kappa shape index (κ2) is 8.15. The first-order valence-corrected chi connectivity index (χ1v) is 7.21. The van der Waals surface area contributed by atoms with Gasteiger partial charge in [0, 0.05) is 6.20 Å². The molecule has 0 bridgehead atoms. The zero-order chi connectivity index (χ0) is 19.2. The number of alkyl carbamates (subject to hydrolysis) is 1. The van der Waals surface area contributed by atoms with Crippen LogP contribution in [0, 0.1) is 0 Å². The quantitative estimate of drug-likeness (QED) is 0.792. The lowest BCUT2D eigenvalue weighted by atomic mass is 10.2. The molecule has 1 amide bonds. The first-order valence-electron chi connectivity index (χ1n) is 7.21. The molecule has 2 N–H and O–H groups in total. The topological polar surface area (TPSA) is 88.5 Å². The summed E-state index contributed by atoms with van der Waals surface area (Å²) < 4.78 is 42.3. The van der Waals surface area contributed by atoms with Gasteiger partial charge in [0.05, 0.1) is 0 Å². The first kappa shape index (κ1) is 19.0. The fourth-order valence-corrected chi connectivity index (χ4v) is 1.85. The number of ether oxygens (including phenoxy) is 1. The van der Waals surface area contributed by atoms with Crippen molar-refractivity contribution in [3.63, 3.8) is 0 Å². The van der Waals surface area contributed by atoms with Gasteiger partial charge in [-0.05, 0) is 23.3 Å². The number of nitrogens with zero attached hydrogens (tertiary/aromatic N) is 1. The number of rotatable bonds is 5. The Morgan fingerprint density at radius 2 is 1.85 bits per heavy atom. The summed E-state index contributed by atoms with van der Waals surface area (Å²) in [6, 6.07) is 10.5. The zero-order valence-corrected chi connectivity index (χ0v) is 13.2. The number of amides is 1. The molecule has 0 aliphatic carbocycles. The summed E-state index contributed by atoms with van der Waals surface area (Å²) in [5.41, 5.74) is -0.902. The normalized spacial score (nSPS) is 11.7. The third-order valence-electron chi connectivity index (χ3n) is 3.07. The average molecular weight is 366 g/mol. The summed E-state index contributed by atoms with van der Waals surface area (Å²) in [6.45, 7) is -0.0680. The van der Waals surface area contributed by atoms with Crippen molar-refractivity contribution in [3.05, 3.63) is 71.2 Å². The van der Waals surface area contributed by atoms with Crippen LogP contribution in [0.1, 0.15) is 16.8 Å². The van der Waals surface area contributed by atoms with Gasteiger partial charge in [-0.3, -0.25) is 10.3 Å². The van der Waals surface area contributed by atoms with Gasteiger partial charge in [-0.25, -0.2) is 9.59 Å². The molecule has 0 fully saturated rings. The maximum Gasteiger partial charge on any atom is 0.433 e. The van der Waals surface area contributed by atoms with Crippen molar-refractivity contribution in [2.24, 2.45) is 0 Å². The van der Waals surface area contributed by atoms with Crippen molar-refractivity contribution < 1.29 is 32.6 Å². The molecule has 0 saturated carbocycles. The highest BCUT2D eigenvalue weighted by Gasteiger charge is 2.31. The predicted molar refractivity (Wildman–Crippen MR) is 84.6 cm³/mol. The van der Waals surface area contributed by atoms with Crippen molar-refractivity contribution in [1.29, 1.82) is 0 Å². The van der Waals surface area contributed by atoms with Gasteiger partial charge in [0.1, 0.15) is 18.0 Å². The van der Waals surface area contributed by atoms with Crippen LogP contribution in [0.25, 0.3) is 6.08 Å². The number of carboxylic acids is 1. The number of carboxylic acid groups (broad SMARTS) is 1. The third-order valence-corrected chi connectivity index (χ3v) is 3.07. The van der Waals surface area contributed by atoms with Crippen LogP contribution in [-0.4, -0.2) is 22.2 Å². The van der Waals surface area contributed by atoms with Crippen LogP contribution < -0.4 is 5.32 Å². The van der Waals surface area contributed by atoms with E-state index in [2.05, 4.69) is 4.98 Å². The Labute approximate surface area is 145 Å². The molecular weight excluding hydrogens is 353 g/mol. The second-order valence-electron chi connectivity index (χ2n) is 5.02. The highest BCUT2D eigenvalue weighted by atomic mass is 19.4. The number of hydrogen-bond donors (Lipinski definition) is 2. The van der Waals surface area contributed by atoms with Gasteiger partial charge < -0.3 is 9.84 Å². The molecule has 0 saturated heterocycles. The number of carbonyl (C=O) groups is 2. The third kappa shape index (κ3) is 5.62. The van der Waals surface area contributed by atoms with Crippen molar-refractivity contribution >= 4 is 18.1 Å². The molecule has 1 aromatic carbocycles. The highest BCUT2D eigenvalue weighted by Crippen LogP contribution is 2.27. The number of aliphatic carboxylic acids is 1. The van der Waals surface area contributed by atoms with Crippen molar-refractivity contribution in [2.45, 2.75) is 12.8 Å². The average Bonchev–Trinajstić information content (AvgIpc) is 2.60. The molecule has 0 radical (unpaired) electrons. The number of halogens is 3. The molecule has 1 heterocycles. The maximum absolute atomic E-state index is 12.5.